The number of rotatable bonds is 6. The van der Waals surface area contributed by atoms with Gasteiger partial charge in [-0.25, -0.2) is 13.8 Å². The molecule has 1 aromatic carbocycles. The molecule has 0 fully saturated rings. The highest BCUT2D eigenvalue weighted by atomic mass is 32.1. The fraction of sp³-hybridized carbons (Fsp3) is 0.267. The van der Waals surface area contributed by atoms with Crippen LogP contribution in [-0.2, 0) is 18.4 Å². The average Bonchev–Trinajstić information content (AvgIpc) is 3.67. The van der Waals surface area contributed by atoms with Gasteiger partial charge >= 0.3 is 0 Å². The summed E-state index contributed by atoms with van der Waals surface area (Å²) >= 11 is 1.43. The highest BCUT2D eigenvalue weighted by Gasteiger charge is 2.30. The van der Waals surface area contributed by atoms with Gasteiger partial charge in [0.25, 0.3) is 0 Å². The Morgan fingerprint density at radius 2 is 2.02 bits per heavy atom. The number of amides is 1. The molecule has 11 heteroatoms. The highest BCUT2D eigenvalue weighted by molar-refractivity contribution is 7.18. The van der Waals surface area contributed by atoms with Gasteiger partial charge in [-0.15, -0.1) is 11.3 Å². The third-order valence-electron chi connectivity index (χ3n) is 7.01. The molecule has 5 heterocycles. The number of ether oxygens (including phenoxy) is 1. The Morgan fingerprint density at radius 3 is 2.73 bits per heavy atom. The number of nitrogens with zero attached hydrogens (tertiary/aromatic N) is 6. The minimum atomic E-state index is -0.757. The number of halogens is 2. The molecule has 210 valence electrons. The molecule has 0 aliphatic carbocycles. The van der Waals surface area contributed by atoms with Gasteiger partial charge in [0.05, 0.1) is 41.8 Å². The van der Waals surface area contributed by atoms with Gasteiger partial charge in [-0.1, -0.05) is 6.58 Å². The van der Waals surface area contributed by atoms with Crippen molar-refractivity contribution in [3.8, 4) is 39.5 Å². The summed E-state index contributed by atoms with van der Waals surface area (Å²) in [6.07, 6.45) is 4.58. The summed E-state index contributed by atoms with van der Waals surface area (Å²) in [5.74, 6) is -1.56. The lowest BCUT2D eigenvalue weighted by Gasteiger charge is -2.31. The lowest BCUT2D eigenvalue weighted by atomic mass is 9.97. The minimum absolute atomic E-state index is 0.0875. The van der Waals surface area contributed by atoms with E-state index in [1.165, 1.54) is 23.5 Å². The van der Waals surface area contributed by atoms with E-state index in [-0.39, 0.29) is 29.4 Å². The quantitative estimate of drug-likeness (QED) is 0.220. The topological polar surface area (TPSA) is 78.1 Å². The van der Waals surface area contributed by atoms with Crippen LogP contribution in [0.5, 0.6) is 5.75 Å². The second-order valence-electron chi connectivity index (χ2n) is 10.4. The Hall–Kier alpha value is -4.38. The third-order valence-corrected chi connectivity index (χ3v) is 7.95. The number of thiophene rings is 1. The summed E-state index contributed by atoms with van der Waals surface area (Å²) in [6, 6.07) is 5.77. The van der Waals surface area contributed by atoms with Crippen LogP contribution in [0.25, 0.3) is 43.9 Å². The summed E-state index contributed by atoms with van der Waals surface area (Å²) < 4.78 is 40.6. The SMILES string of the molecule is C=CC(=O)N1Cc2cc(-c3nc(-c4cnn(C)c4)c4ccsc4c3-c3c(F)cc(F)cc3OC(C)C)nn2C(C)C1. The van der Waals surface area contributed by atoms with Crippen molar-refractivity contribution in [2.75, 3.05) is 6.54 Å². The Bertz CT molecular complexity index is 1820. The van der Waals surface area contributed by atoms with Gasteiger partial charge in [0.15, 0.2) is 0 Å². The third kappa shape index (κ3) is 4.69. The van der Waals surface area contributed by atoms with Crippen molar-refractivity contribution in [3.63, 3.8) is 0 Å². The molecular formula is C30H28F2N6O2S. The Balaban J connectivity index is 1.66. The van der Waals surface area contributed by atoms with Crippen molar-refractivity contribution < 1.29 is 18.3 Å². The summed E-state index contributed by atoms with van der Waals surface area (Å²) in [5.41, 5.74) is 3.80. The normalized spacial score (nSPS) is 15.0. The molecule has 0 N–H and O–H groups in total. The summed E-state index contributed by atoms with van der Waals surface area (Å²) in [7, 11) is 1.83. The lowest BCUT2D eigenvalue weighted by Crippen LogP contribution is -2.39. The second-order valence-corrected chi connectivity index (χ2v) is 11.3. The molecule has 8 nitrogen and oxygen atoms in total. The molecule has 1 aliphatic rings. The number of benzene rings is 1. The molecule has 1 amide bonds. The van der Waals surface area contributed by atoms with E-state index in [9.17, 15) is 9.18 Å². The molecule has 1 unspecified atom stereocenters. The van der Waals surface area contributed by atoms with E-state index in [2.05, 4.69) is 11.7 Å². The monoisotopic (exact) mass is 574 g/mol. The van der Waals surface area contributed by atoms with Crippen molar-refractivity contribution in [2.24, 2.45) is 7.05 Å². The van der Waals surface area contributed by atoms with Gasteiger partial charge in [0.1, 0.15) is 28.8 Å². The average molecular weight is 575 g/mol. The van der Waals surface area contributed by atoms with Crippen molar-refractivity contribution >= 4 is 27.3 Å². The van der Waals surface area contributed by atoms with Crippen LogP contribution in [0.1, 0.15) is 32.5 Å². The fourth-order valence-corrected chi connectivity index (χ4v) is 6.30. The summed E-state index contributed by atoms with van der Waals surface area (Å²) in [6.45, 7) is 10.0. The number of carbonyl (C=O) groups is 1. The van der Waals surface area contributed by atoms with Crippen LogP contribution in [0.4, 0.5) is 8.78 Å². The Labute approximate surface area is 239 Å². The number of aryl methyl sites for hydroxylation is 1. The second kappa shape index (κ2) is 10.2. The van der Waals surface area contributed by atoms with Crippen LogP contribution >= 0.6 is 11.3 Å². The van der Waals surface area contributed by atoms with Gasteiger partial charge < -0.3 is 9.64 Å². The first kappa shape index (κ1) is 26.8. The number of aromatic nitrogens is 5. The van der Waals surface area contributed by atoms with Gasteiger partial charge in [0, 0.05) is 53.1 Å². The smallest absolute Gasteiger partial charge is 0.246 e. The maximum Gasteiger partial charge on any atom is 0.246 e. The maximum absolute atomic E-state index is 15.8. The van der Waals surface area contributed by atoms with Crippen LogP contribution in [0.15, 0.2) is 54.7 Å². The number of pyridine rings is 1. The maximum atomic E-state index is 15.8. The zero-order chi connectivity index (χ0) is 29.0. The van der Waals surface area contributed by atoms with Crippen LogP contribution in [0.2, 0.25) is 0 Å². The van der Waals surface area contributed by atoms with E-state index in [1.807, 2.05) is 42.4 Å². The van der Waals surface area contributed by atoms with E-state index >= 15 is 4.39 Å². The van der Waals surface area contributed by atoms with Gasteiger partial charge in [-0.3, -0.25) is 14.2 Å². The number of fused-ring (bicyclic) bond motifs is 2. The van der Waals surface area contributed by atoms with Crippen molar-refractivity contribution in [1.82, 2.24) is 29.4 Å². The lowest BCUT2D eigenvalue weighted by molar-refractivity contribution is -0.127. The van der Waals surface area contributed by atoms with Crippen LogP contribution in [0, 0.1) is 11.6 Å². The molecule has 0 saturated carbocycles. The molecule has 41 heavy (non-hydrogen) atoms. The Morgan fingerprint density at radius 1 is 1.22 bits per heavy atom. The zero-order valence-electron chi connectivity index (χ0n) is 23.1. The first-order chi connectivity index (χ1) is 19.6. The van der Waals surface area contributed by atoms with Crippen LogP contribution in [-0.4, -0.2) is 48.0 Å². The molecule has 6 rings (SSSR count). The highest BCUT2D eigenvalue weighted by Crippen LogP contribution is 2.47. The summed E-state index contributed by atoms with van der Waals surface area (Å²) in [4.78, 5) is 19.2. The molecule has 1 aliphatic heterocycles. The Kier molecular flexibility index (Phi) is 6.69. The molecule has 0 bridgehead atoms. The summed E-state index contributed by atoms with van der Waals surface area (Å²) in [5, 5.41) is 12.0. The number of hydrogen-bond donors (Lipinski definition) is 0. The first-order valence-electron chi connectivity index (χ1n) is 13.2. The van der Waals surface area contributed by atoms with Crippen molar-refractivity contribution in [2.45, 2.75) is 39.5 Å². The fourth-order valence-electron chi connectivity index (χ4n) is 5.35. The molecule has 1 atom stereocenters. The molecule has 0 radical (unpaired) electrons. The van der Waals surface area contributed by atoms with E-state index in [0.29, 0.717) is 35.7 Å². The molecule has 0 spiro atoms. The van der Waals surface area contributed by atoms with E-state index in [0.717, 1.165) is 27.4 Å². The van der Waals surface area contributed by atoms with Crippen molar-refractivity contribution in [3.05, 3.63) is 72.0 Å². The molecule has 5 aromatic rings. The first-order valence-corrected chi connectivity index (χ1v) is 14.1. The van der Waals surface area contributed by atoms with E-state index < -0.39 is 11.6 Å². The molecule has 4 aromatic heterocycles. The minimum Gasteiger partial charge on any atom is -0.490 e. The van der Waals surface area contributed by atoms with E-state index in [4.69, 9.17) is 14.8 Å². The van der Waals surface area contributed by atoms with Gasteiger partial charge in [-0.05, 0) is 44.4 Å². The number of carbonyl (C=O) groups excluding carboxylic acids is 1. The predicted molar refractivity (Wildman–Crippen MR) is 154 cm³/mol. The predicted octanol–water partition coefficient (Wildman–Crippen LogP) is 6.38. The number of hydrogen-bond acceptors (Lipinski definition) is 6. The molecular weight excluding hydrogens is 546 g/mol. The van der Waals surface area contributed by atoms with Crippen LogP contribution in [0.3, 0.4) is 0 Å². The van der Waals surface area contributed by atoms with Crippen LogP contribution < -0.4 is 4.74 Å². The van der Waals surface area contributed by atoms with Gasteiger partial charge in [-0.2, -0.15) is 10.2 Å². The van der Waals surface area contributed by atoms with Gasteiger partial charge in [0.2, 0.25) is 5.91 Å². The standard InChI is InChI=1S/C30H28F2N6O2S/c1-6-25(39)37-13-17(4)38-20(15-37)11-23(35-38)29-27(26-22(32)9-19(31)10-24(26)40-16(2)3)30-21(7-8-41-30)28(34-29)18-12-33-36(5)14-18/h6-12,14,16-17H,1,13,15H2,2-5H3. The van der Waals surface area contributed by atoms with Crippen molar-refractivity contribution in [1.29, 1.82) is 0 Å². The largest absolute Gasteiger partial charge is 0.490 e. The van der Waals surface area contributed by atoms with E-state index in [1.54, 1.807) is 29.6 Å². The zero-order valence-corrected chi connectivity index (χ0v) is 23.9. The molecule has 0 saturated heterocycles.